The van der Waals surface area contributed by atoms with Crippen LogP contribution in [0.15, 0.2) is 42.5 Å². The zero-order valence-corrected chi connectivity index (χ0v) is 21.5. The normalized spacial score (nSPS) is 13.2. The van der Waals surface area contributed by atoms with Gasteiger partial charge in [-0.2, -0.15) is 13.2 Å². The minimum absolute atomic E-state index is 0.282. The molecule has 1 heterocycles. The maximum absolute atomic E-state index is 12.9. The minimum atomic E-state index is -4.38. The lowest BCUT2D eigenvalue weighted by Crippen LogP contribution is -2.28. The summed E-state index contributed by atoms with van der Waals surface area (Å²) in [4.78, 5) is 17.4. The third-order valence-electron chi connectivity index (χ3n) is 5.47. The molecule has 0 N–H and O–H groups in total. The zero-order chi connectivity index (χ0) is 26.5. The number of nitrogens with zero attached hydrogens (tertiary/aromatic N) is 1. The first-order chi connectivity index (χ1) is 17.1. The summed E-state index contributed by atoms with van der Waals surface area (Å²) in [6, 6.07) is 10.3. The van der Waals surface area contributed by atoms with Gasteiger partial charge in [-0.3, -0.25) is 0 Å². The second-order valence-corrected chi connectivity index (χ2v) is 8.98. The molecule has 0 aliphatic heterocycles. The number of hydrogen-bond donors (Lipinski definition) is 0. The van der Waals surface area contributed by atoms with Crippen LogP contribution in [-0.4, -0.2) is 37.9 Å². The third kappa shape index (κ3) is 6.55. The number of hydrogen-bond acceptors (Lipinski definition) is 7. The van der Waals surface area contributed by atoms with E-state index in [9.17, 15) is 18.0 Å². The Bertz CT molecular complexity index is 1180. The van der Waals surface area contributed by atoms with E-state index in [0.29, 0.717) is 28.7 Å². The monoisotopic (exact) mass is 523 g/mol. The average Bonchev–Trinajstić information content (AvgIpc) is 3.25. The maximum atomic E-state index is 12.9. The molecule has 0 bridgehead atoms. The molecule has 36 heavy (non-hydrogen) atoms. The zero-order valence-electron chi connectivity index (χ0n) is 20.6. The number of rotatable bonds is 10. The van der Waals surface area contributed by atoms with Crippen LogP contribution in [0.1, 0.15) is 41.6 Å². The molecule has 6 nitrogen and oxygen atoms in total. The summed E-state index contributed by atoms with van der Waals surface area (Å²) in [5.41, 5.74) is 1.41. The Balaban J connectivity index is 1.76. The number of carbonyl (C=O) groups is 1. The molecule has 0 spiro atoms. The van der Waals surface area contributed by atoms with Crippen molar-refractivity contribution in [3.05, 3.63) is 64.2 Å². The number of carbonyl (C=O) groups excluding carboxylic acids is 1. The second kappa shape index (κ2) is 11.7. The summed E-state index contributed by atoms with van der Waals surface area (Å²) in [6.07, 6.45) is -5.22. The van der Waals surface area contributed by atoms with E-state index in [0.717, 1.165) is 28.3 Å². The Morgan fingerprint density at radius 3 is 2.39 bits per heavy atom. The van der Waals surface area contributed by atoms with E-state index < -0.39 is 23.8 Å². The van der Waals surface area contributed by atoms with E-state index in [4.69, 9.17) is 18.9 Å². The van der Waals surface area contributed by atoms with Crippen molar-refractivity contribution >= 4 is 17.3 Å². The molecule has 0 aliphatic carbocycles. The molecule has 194 valence electrons. The van der Waals surface area contributed by atoms with Gasteiger partial charge < -0.3 is 18.9 Å². The van der Waals surface area contributed by atoms with Crippen LogP contribution in [0.4, 0.5) is 13.2 Å². The molecule has 0 saturated carbocycles. The fourth-order valence-electron chi connectivity index (χ4n) is 3.68. The van der Waals surface area contributed by atoms with Crippen LogP contribution in [0, 0.1) is 6.92 Å². The summed E-state index contributed by atoms with van der Waals surface area (Å²) in [5.74, 6) is 0.634. The van der Waals surface area contributed by atoms with Crippen LogP contribution in [0.5, 0.6) is 11.5 Å². The lowest BCUT2D eigenvalue weighted by Gasteiger charge is -2.18. The summed E-state index contributed by atoms with van der Waals surface area (Å²) < 4.78 is 60.6. The van der Waals surface area contributed by atoms with Gasteiger partial charge in [-0.25, -0.2) is 9.78 Å². The smallest absolute Gasteiger partial charge is 0.416 e. The van der Waals surface area contributed by atoms with Gasteiger partial charge in [0.05, 0.1) is 30.4 Å². The van der Waals surface area contributed by atoms with Crippen LogP contribution < -0.4 is 9.47 Å². The standard InChI is InChI=1S/C26H28F3NO5S/c1-6-34-22(25(31)33-5)13-18-9-12-20(14-21(18)32-4)35-16(3)23-15(2)30-24(36-23)17-7-10-19(11-8-17)26(27,28)29/h7-12,14,16,22H,6,13H2,1-5H3/t16?,22-/m0/s1. The van der Waals surface area contributed by atoms with Crippen molar-refractivity contribution in [2.24, 2.45) is 0 Å². The van der Waals surface area contributed by atoms with Crippen molar-refractivity contribution in [3.8, 4) is 22.1 Å². The molecule has 0 aliphatic rings. The van der Waals surface area contributed by atoms with Crippen molar-refractivity contribution in [2.45, 2.75) is 45.6 Å². The minimum Gasteiger partial charge on any atom is -0.496 e. The lowest BCUT2D eigenvalue weighted by molar-refractivity contribution is -0.153. The van der Waals surface area contributed by atoms with Crippen LogP contribution in [0.3, 0.4) is 0 Å². The highest BCUT2D eigenvalue weighted by Gasteiger charge is 2.30. The fourth-order valence-corrected chi connectivity index (χ4v) is 4.73. The number of halogens is 3. The Morgan fingerprint density at radius 1 is 1.11 bits per heavy atom. The molecule has 2 aromatic carbocycles. The molecule has 2 atom stereocenters. The quantitative estimate of drug-likeness (QED) is 0.286. The van der Waals surface area contributed by atoms with Crippen molar-refractivity contribution < 1.29 is 36.9 Å². The number of aryl methyl sites for hydroxylation is 1. The van der Waals surface area contributed by atoms with E-state index in [2.05, 4.69) is 4.98 Å². The number of methoxy groups -OCH3 is 2. The SMILES string of the molecule is CCO[C@@H](Cc1ccc(OC(C)c2sc(-c3ccc(C(F)(F)F)cc3)nc2C)cc1OC)C(=O)OC. The van der Waals surface area contributed by atoms with Gasteiger partial charge in [-0.1, -0.05) is 18.2 Å². The highest BCUT2D eigenvalue weighted by Crippen LogP contribution is 2.37. The molecule has 1 aromatic heterocycles. The summed E-state index contributed by atoms with van der Waals surface area (Å²) in [5, 5.41) is 0.615. The van der Waals surface area contributed by atoms with Crippen molar-refractivity contribution in [2.75, 3.05) is 20.8 Å². The predicted octanol–water partition coefficient (Wildman–Crippen LogP) is 6.41. The topological polar surface area (TPSA) is 66.9 Å². The van der Waals surface area contributed by atoms with Gasteiger partial charge in [0.1, 0.15) is 22.6 Å². The number of alkyl halides is 3. The Hall–Kier alpha value is -3.11. The molecule has 3 rings (SSSR count). The highest BCUT2D eigenvalue weighted by molar-refractivity contribution is 7.15. The molecular formula is C26H28F3NO5S. The van der Waals surface area contributed by atoms with Crippen molar-refractivity contribution in [1.82, 2.24) is 4.98 Å². The number of thiazole rings is 1. The van der Waals surface area contributed by atoms with Crippen molar-refractivity contribution in [3.63, 3.8) is 0 Å². The van der Waals surface area contributed by atoms with Gasteiger partial charge in [-0.05, 0) is 44.5 Å². The van der Waals surface area contributed by atoms with Crippen LogP contribution >= 0.6 is 11.3 Å². The Labute approximate surface area is 212 Å². The van der Waals surface area contributed by atoms with Crippen LogP contribution in [-0.2, 0) is 26.9 Å². The fraction of sp³-hybridized carbons (Fsp3) is 0.385. The highest BCUT2D eigenvalue weighted by atomic mass is 32.1. The Morgan fingerprint density at radius 2 is 1.81 bits per heavy atom. The number of esters is 1. The molecular weight excluding hydrogens is 495 g/mol. The number of aromatic nitrogens is 1. The second-order valence-electron chi connectivity index (χ2n) is 7.95. The van der Waals surface area contributed by atoms with Gasteiger partial charge in [0.2, 0.25) is 0 Å². The summed E-state index contributed by atoms with van der Waals surface area (Å²) in [6.45, 7) is 5.88. The maximum Gasteiger partial charge on any atom is 0.416 e. The van der Waals surface area contributed by atoms with Crippen molar-refractivity contribution in [1.29, 1.82) is 0 Å². The molecule has 1 unspecified atom stereocenters. The largest absolute Gasteiger partial charge is 0.496 e. The van der Waals surface area contributed by atoms with E-state index in [1.54, 1.807) is 19.1 Å². The molecule has 0 amide bonds. The molecule has 0 saturated heterocycles. The van der Waals surface area contributed by atoms with E-state index in [1.807, 2.05) is 19.9 Å². The van der Waals surface area contributed by atoms with E-state index in [-0.39, 0.29) is 12.5 Å². The lowest BCUT2D eigenvalue weighted by atomic mass is 10.1. The van der Waals surface area contributed by atoms with Gasteiger partial charge >= 0.3 is 12.1 Å². The Kier molecular flexibility index (Phi) is 8.97. The summed E-state index contributed by atoms with van der Waals surface area (Å²) >= 11 is 1.37. The molecule has 3 aromatic rings. The molecule has 0 fully saturated rings. The number of benzene rings is 2. The first-order valence-electron chi connectivity index (χ1n) is 11.2. The summed E-state index contributed by atoms with van der Waals surface area (Å²) in [7, 11) is 2.85. The third-order valence-corrected chi connectivity index (χ3v) is 6.84. The molecule has 0 radical (unpaired) electrons. The average molecular weight is 524 g/mol. The van der Waals surface area contributed by atoms with E-state index >= 15 is 0 Å². The first-order valence-corrected chi connectivity index (χ1v) is 12.1. The predicted molar refractivity (Wildman–Crippen MR) is 130 cm³/mol. The first kappa shape index (κ1) is 27.5. The van der Waals surface area contributed by atoms with Crippen LogP contribution in [0.25, 0.3) is 10.6 Å². The number of ether oxygens (including phenoxy) is 4. The van der Waals surface area contributed by atoms with Gasteiger partial charge in [-0.15, -0.1) is 11.3 Å². The van der Waals surface area contributed by atoms with Gasteiger partial charge in [0.25, 0.3) is 0 Å². The van der Waals surface area contributed by atoms with Gasteiger partial charge in [0, 0.05) is 24.7 Å². The molecule has 10 heteroatoms. The van der Waals surface area contributed by atoms with Gasteiger partial charge in [0.15, 0.2) is 6.10 Å². The van der Waals surface area contributed by atoms with E-state index in [1.165, 1.54) is 37.7 Å². The van der Waals surface area contributed by atoms with Crippen LogP contribution in [0.2, 0.25) is 0 Å².